The van der Waals surface area contributed by atoms with Gasteiger partial charge in [0.2, 0.25) is 10.0 Å². The first-order valence-corrected chi connectivity index (χ1v) is 15.5. The monoisotopic (exact) mass is 587 g/mol. The zero-order chi connectivity index (χ0) is 28.0. The van der Waals surface area contributed by atoms with E-state index in [2.05, 4.69) is 5.32 Å². The lowest BCUT2D eigenvalue weighted by Crippen LogP contribution is -2.42. The Morgan fingerprint density at radius 3 is 2.13 bits per heavy atom. The van der Waals surface area contributed by atoms with Crippen molar-refractivity contribution in [3.05, 3.63) is 65.2 Å². The lowest BCUT2D eigenvalue weighted by atomic mass is 9.96. The van der Waals surface area contributed by atoms with Gasteiger partial charge in [-0.15, -0.1) is 11.3 Å². The summed E-state index contributed by atoms with van der Waals surface area (Å²) in [5.41, 5.74) is 4.08. The molecule has 38 heavy (non-hydrogen) atoms. The molecule has 3 aromatic rings. The van der Waals surface area contributed by atoms with Gasteiger partial charge in [0.25, 0.3) is 5.91 Å². The molecule has 0 bridgehead atoms. The van der Waals surface area contributed by atoms with Gasteiger partial charge in [0.1, 0.15) is 16.6 Å². The number of nitrogens with one attached hydrogen (secondary N) is 1. The van der Waals surface area contributed by atoms with Crippen LogP contribution in [0.25, 0.3) is 10.4 Å². The number of benzene rings is 2. The number of hydrogen-bond acceptors (Lipinski definition) is 8. The van der Waals surface area contributed by atoms with Gasteiger partial charge in [0.05, 0.1) is 33.1 Å². The molecule has 1 aliphatic rings. The minimum absolute atomic E-state index is 0.000498. The van der Waals surface area contributed by atoms with Crippen molar-refractivity contribution in [2.75, 3.05) is 29.9 Å². The van der Waals surface area contributed by atoms with E-state index in [9.17, 15) is 36.2 Å². The average molecular weight is 588 g/mol. The van der Waals surface area contributed by atoms with E-state index >= 15 is 0 Å². The molecule has 0 spiro atoms. The van der Waals surface area contributed by atoms with Gasteiger partial charge in [-0.2, -0.15) is 14.9 Å². The van der Waals surface area contributed by atoms with Crippen LogP contribution in [0.15, 0.2) is 47.4 Å². The van der Waals surface area contributed by atoms with Crippen molar-refractivity contribution in [2.45, 2.75) is 24.3 Å². The first-order valence-electron chi connectivity index (χ1n) is 11.4. The van der Waals surface area contributed by atoms with E-state index in [0.717, 1.165) is 23.5 Å². The predicted molar refractivity (Wildman–Crippen MR) is 144 cm³/mol. The van der Waals surface area contributed by atoms with Crippen LogP contribution in [-0.2, 0) is 15.6 Å². The Hall–Kier alpha value is -2.59. The van der Waals surface area contributed by atoms with Gasteiger partial charge >= 0.3 is 0 Å². The number of nitrogens with two attached hydrogens (primary N) is 1. The van der Waals surface area contributed by atoms with E-state index < -0.39 is 43.8 Å². The summed E-state index contributed by atoms with van der Waals surface area (Å²) in [4.78, 5) is 12.2. The molecule has 0 unspecified atom stereocenters. The summed E-state index contributed by atoms with van der Waals surface area (Å²) in [6.07, 6.45) is 0. The maximum Gasteiger partial charge on any atom is 0.251 e. The van der Waals surface area contributed by atoms with E-state index in [1.54, 1.807) is 0 Å². The molecule has 0 radical (unpaired) electrons. The highest BCUT2D eigenvalue weighted by atomic mass is 32.3. The lowest BCUT2D eigenvalue weighted by Gasteiger charge is -2.40. The molecule has 1 fully saturated rings. The quantitative estimate of drug-likeness (QED) is 0.272. The smallest absolute Gasteiger partial charge is 0.251 e. The third-order valence-corrected chi connectivity index (χ3v) is 10.7. The minimum Gasteiger partial charge on any atom is -0.386 e. The molecule has 0 saturated carbocycles. The Balaban J connectivity index is 1.60. The fraction of sp³-hybridized carbons (Fsp3) is 0.292. The number of sulfonamides is 1. The van der Waals surface area contributed by atoms with E-state index in [-0.39, 0.29) is 56.1 Å². The minimum atomic E-state index is -3.86. The van der Waals surface area contributed by atoms with Gasteiger partial charge in [-0.25, -0.2) is 17.2 Å². The standard InChI is InChI=1S/C24H27F2N3O6S3/c1-24(2,31)14-11-18(25)21(19(26)12-14)20-13-17(22(27)30)23(36-20)28-15-3-5-16(6-4-15)38(34,35)29-7-9-37(32,33)10-8-29/h3-6,11-13,28,31-33H,7-10H2,1-2H3,(H2,27,30). The van der Waals surface area contributed by atoms with E-state index in [1.165, 1.54) is 48.5 Å². The number of halogens is 2. The van der Waals surface area contributed by atoms with Crippen molar-refractivity contribution in [3.8, 4) is 10.4 Å². The first kappa shape index (κ1) is 28.4. The summed E-state index contributed by atoms with van der Waals surface area (Å²) >= 11 is 0.884. The van der Waals surface area contributed by atoms with Crippen molar-refractivity contribution in [3.63, 3.8) is 0 Å². The van der Waals surface area contributed by atoms with Gasteiger partial charge in [-0.1, -0.05) is 0 Å². The summed E-state index contributed by atoms with van der Waals surface area (Å²) in [5, 5.41) is 13.2. The van der Waals surface area contributed by atoms with Crippen LogP contribution in [-0.4, -0.2) is 57.4 Å². The molecular formula is C24H27F2N3O6S3. The summed E-state index contributed by atoms with van der Waals surface area (Å²) in [5.74, 6) is -2.72. The summed E-state index contributed by atoms with van der Waals surface area (Å²) in [7, 11) is -6.61. The van der Waals surface area contributed by atoms with E-state index in [0.29, 0.717) is 5.69 Å². The highest BCUT2D eigenvalue weighted by Gasteiger charge is 2.31. The number of aliphatic hydroxyl groups is 1. The summed E-state index contributed by atoms with van der Waals surface area (Å²) in [6, 6.07) is 8.97. The number of thiophene rings is 1. The first-order chi connectivity index (χ1) is 17.6. The number of carbonyl (C=O) groups is 1. The molecule has 9 nitrogen and oxygen atoms in total. The van der Waals surface area contributed by atoms with Crippen LogP contribution in [0.1, 0.15) is 29.8 Å². The van der Waals surface area contributed by atoms with Gasteiger partial charge < -0.3 is 16.2 Å². The Kier molecular flexibility index (Phi) is 7.62. The maximum absolute atomic E-state index is 14.9. The topological polar surface area (TPSA) is 153 Å². The summed E-state index contributed by atoms with van der Waals surface area (Å²) < 4.78 is 76.3. The molecule has 1 amide bonds. The molecule has 2 aromatic carbocycles. The Morgan fingerprint density at radius 2 is 1.63 bits per heavy atom. The molecule has 0 aliphatic carbocycles. The van der Waals surface area contributed by atoms with Crippen molar-refractivity contribution in [1.29, 1.82) is 0 Å². The number of amides is 1. The maximum atomic E-state index is 14.9. The zero-order valence-electron chi connectivity index (χ0n) is 20.4. The highest BCUT2D eigenvalue weighted by molar-refractivity contribution is 8.24. The molecule has 0 atom stereocenters. The number of carbonyl (C=O) groups excluding carboxylic acids is 1. The predicted octanol–water partition coefficient (Wildman–Crippen LogP) is 4.52. The van der Waals surface area contributed by atoms with Crippen LogP contribution < -0.4 is 11.1 Å². The second-order valence-electron chi connectivity index (χ2n) is 9.36. The van der Waals surface area contributed by atoms with Crippen molar-refractivity contribution in [2.24, 2.45) is 5.73 Å². The second kappa shape index (κ2) is 10.2. The van der Waals surface area contributed by atoms with E-state index in [4.69, 9.17) is 5.73 Å². The molecule has 6 N–H and O–H groups in total. The fourth-order valence-corrected chi connectivity index (χ4v) is 7.93. The Bertz CT molecular complexity index is 1450. The van der Waals surface area contributed by atoms with Crippen LogP contribution in [0.2, 0.25) is 0 Å². The summed E-state index contributed by atoms with van der Waals surface area (Å²) in [6.45, 7) is 2.79. The Labute approximate surface area is 224 Å². The largest absolute Gasteiger partial charge is 0.386 e. The van der Waals surface area contributed by atoms with Crippen molar-refractivity contribution < 1.29 is 36.2 Å². The van der Waals surface area contributed by atoms with Crippen molar-refractivity contribution in [1.82, 2.24) is 4.31 Å². The van der Waals surface area contributed by atoms with Crippen LogP contribution in [0.4, 0.5) is 19.5 Å². The molecule has 14 heteroatoms. The van der Waals surface area contributed by atoms with Crippen molar-refractivity contribution >= 4 is 48.5 Å². The molecule has 2 heterocycles. The highest BCUT2D eigenvalue weighted by Crippen LogP contribution is 2.42. The molecule has 1 aliphatic heterocycles. The number of rotatable bonds is 7. The van der Waals surface area contributed by atoms with Crippen LogP contribution >= 0.6 is 21.9 Å². The fourth-order valence-electron chi connectivity index (χ4n) is 3.89. The van der Waals surface area contributed by atoms with Crippen LogP contribution in [0.5, 0.6) is 0 Å². The molecular weight excluding hydrogens is 560 g/mol. The second-order valence-corrected chi connectivity index (χ2v) is 14.8. The lowest BCUT2D eigenvalue weighted by molar-refractivity contribution is 0.0778. The van der Waals surface area contributed by atoms with Gasteiger partial charge in [-0.3, -0.25) is 13.9 Å². The average Bonchev–Trinajstić information content (AvgIpc) is 3.21. The van der Waals surface area contributed by atoms with Crippen LogP contribution in [0, 0.1) is 11.6 Å². The normalized spacial score (nSPS) is 17.2. The number of anilines is 2. The Morgan fingerprint density at radius 1 is 1.08 bits per heavy atom. The number of primary amides is 1. The van der Waals surface area contributed by atoms with Gasteiger partial charge in [0.15, 0.2) is 0 Å². The van der Waals surface area contributed by atoms with Gasteiger partial charge in [0, 0.05) is 23.7 Å². The molecule has 1 saturated heterocycles. The molecule has 206 valence electrons. The SMILES string of the molecule is CC(C)(O)c1cc(F)c(-c2cc(C(N)=O)c(Nc3ccc(S(=O)(=O)N4CCS(O)(O)CC4)cc3)s2)c(F)c1. The van der Waals surface area contributed by atoms with E-state index in [1.807, 2.05) is 0 Å². The molecule has 1 aromatic heterocycles. The van der Waals surface area contributed by atoms with Gasteiger partial charge in [-0.05, 0) is 61.9 Å². The molecule has 4 rings (SSSR count). The van der Waals surface area contributed by atoms with Crippen LogP contribution in [0.3, 0.4) is 0 Å². The number of hydrogen-bond donors (Lipinski definition) is 5. The third kappa shape index (κ3) is 5.86. The number of nitrogens with zero attached hydrogens (tertiary/aromatic N) is 1. The zero-order valence-corrected chi connectivity index (χ0v) is 22.9. The third-order valence-electron chi connectivity index (χ3n) is 6.08.